The Morgan fingerprint density at radius 2 is 1.92 bits per heavy atom. The van der Waals surface area contributed by atoms with Crippen LogP contribution < -0.4 is 11.1 Å². The van der Waals surface area contributed by atoms with Gasteiger partial charge in [0.25, 0.3) is 0 Å². The van der Waals surface area contributed by atoms with Crippen molar-refractivity contribution in [1.82, 2.24) is 10.2 Å². The molecule has 1 saturated carbocycles. The molecule has 26 heavy (non-hydrogen) atoms. The van der Waals surface area contributed by atoms with Crippen LogP contribution in [0.1, 0.15) is 44.7 Å². The molecule has 1 aromatic rings. The van der Waals surface area contributed by atoms with Gasteiger partial charge in [-0.15, -0.1) is 24.8 Å². The van der Waals surface area contributed by atoms with Crippen LogP contribution in [0.2, 0.25) is 5.02 Å². The highest BCUT2D eigenvalue weighted by molar-refractivity contribution is 6.31. The number of rotatable bonds is 8. The van der Waals surface area contributed by atoms with Gasteiger partial charge in [-0.3, -0.25) is 9.69 Å². The Labute approximate surface area is 175 Å². The summed E-state index contributed by atoms with van der Waals surface area (Å²) in [6.07, 6.45) is 3.12. The third-order valence-electron chi connectivity index (χ3n) is 5.29. The molecule has 3 N–H and O–H groups in total. The molecule has 1 fully saturated rings. The van der Waals surface area contributed by atoms with Gasteiger partial charge in [-0.2, -0.15) is 0 Å². The van der Waals surface area contributed by atoms with Gasteiger partial charge in [-0.05, 0) is 50.0 Å². The number of carbonyl (C=O) groups excluding carboxylic acids is 1. The Morgan fingerprint density at radius 1 is 1.27 bits per heavy atom. The molecule has 0 spiro atoms. The molecule has 4 nitrogen and oxygen atoms in total. The molecule has 0 aromatic heterocycles. The summed E-state index contributed by atoms with van der Waals surface area (Å²) in [5.74, 6) is 0.544. The molecule has 1 amide bonds. The smallest absolute Gasteiger partial charge is 0.223 e. The van der Waals surface area contributed by atoms with Crippen molar-refractivity contribution in [3.8, 4) is 0 Å². The standard InChI is InChI=1S/C19H30ClN3O.2ClH/c1-3-23(4-2)18(16-9-5-6-11-17(16)20)13-22-19(24)15-10-7-8-14(15)12-21;;/h5-6,9,11,14-15,18H,3-4,7-8,10,12-13,21H2,1-2H3,(H,22,24);2*1H/t14-,15-,18?;;/m1../s1. The van der Waals surface area contributed by atoms with E-state index < -0.39 is 0 Å². The van der Waals surface area contributed by atoms with Crippen molar-refractivity contribution in [1.29, 1.82) is 0 Å². The van der Waals surface area contributed by atoms with E-state index in [4.69, 9.17) is 17.3 Å². The molecule has 150 valence electrons. The normalized spacial score (nSPS) is 20.2. The second kappa shape index (κ2) is 12.8. The molecule has 1 aliphatic rings. The SMILES string of the molecule is CCN(CC)C(CNC(=O)[C@@H]1CCC[C@@H]1CN)c1ccccc1Cl.Cl.Cl. The fourth-order valence-electron chi connectivity index (χ4n) is 3.84. The molecule has 0 saturated heterocycles. The van der Waals surface area contributed by atoms with Crippen LogP contribution in [0, 0.1) is 11.8 Å². The van der Waals surface area contributed by atoms with E-state index in [1.165, 1.54) is 0 Å². The molecular weight excluding hydrogens is 393 g/mol. The van der Waals surface area contributed by atoms with E-state index >= 15 is 0 Å². The van der Waals surface area contributed by atoms with Gasteiger partial charge in [-0.25, -0.2) is 0 Å². The Balaban J connectivity index is 0.00000312. The van der Waals surface area contributed by atoms with E-state index in [2.05, 4.69) is 30.1 Å². The second-order valence-electron chi connectivity index (χ2n) is 6.54. The minimum atomic E-state index is 0. The number of benzene rings is 1. The van der Waals surface area contributed by atoms with E-state index in [1.807, 2.05) is 18.2 Å². The lowest BCUT2D eigenvalue weighted by Crippen LogP contribution is -2.41. The molecule has 0 radical (unpaired) electrons. The number of halogens is 3. The van der Waals surface area contributed by atoms with Crippen LogP contribution in [-0.2, 0) is 4.79 Å². The molecule has 3 atom stereocenters. The van der Waals surface area contributed by atoms with Crippen LogP contribution in [0.25, 0.3) is 0 Å². The maximum atomic E-state index is 12.6. The summed E-state index contributed by atoms with van der Waals surface area (Å²) >= 11 is 6.41. The molecule has 0 aliphatic heterocycles. The van der Waals surface area contributed by atoms with Gasteiger partial charge in [0.2, 0.25) is 5.91 Å². The Bertz CT molecular complexity index is 541. The zero-order valence-corrected chi connectivity index (χ0v) is 18.0. The maximum Gasteiger partial charge on any atom is 0.223 e. The zero-order valence-electron chi connectivity index (χ0n) is 15.6. The first-order valence-corrected chi connectivity index (χ1v) is 9.46. The predicted octanol–water partition coefficient (Wildman–Crippen LogP) is 4.06. The van der Waals surface area contributed by atoms with Gasteiger partial charge in [0, 0.05) is 17.5 Å². The first-order valence-electron chi connectivity index (χ1n) is 9.08. The van der Waals surface area contributed by atoms with Crippen LogP contribution in [0.15, 0.2) is 24.3 Å². The monoisotopic (exact) mass is 423 g/mol. The molecule has 0 bridgehead atoms. The van der Waals surface area contributed by atoms with Gasteiger partial charge >= 0.3 is 0 Å². The van der Waals surface area contributed by atoms with Gasteiger partial charge in [0.1, 0.15) is 0 Å². The molecule has 7 heteroatoms. The quantitative estimate of drug-likeness (QED) is 0.661. The van der Waals surface area contributed by atoms with E-state index in [0.717, 1.165) is 42.9 Å². The summed E-state index contributed by atoms with van der Waals surface area (Å²) in [4.78, 5) is 14.9. The summed E-state index contributed by atoms with van der Waals surface area (Å²) in [7, 11) is 0. The van der Waals surface area contributed by atoms with Gasteiger partial charge in [0.05, 0.1) is 6.04 Å². The first kappa shape index (κ1) is 25.5. The highest BCUT2D eigenvalue weighted by atomic mass is 35.5. The molecular formula is C19H32Cl3N3O. The molecule has 1 aromatic carbocycles. The summed E-state index contributed by atoms with van der Waals surface area (Å²) in [6.45, 7) is 7.28. The number of nitrogens with zero attached hydrogens (tertiary/aromatic N) is 1. The molecule has 2 rings (SSSR count). The van der Waals surface area contributed by atoms with E-state index in [1.54, 1.807) is 0 Å². The van der Waals surface area contributed by atoms with Crippen molar-refractivity contribution in [3.05, 3.63) is 34.9 Å². The molecule has 0 heterocycles. The highest BCUT2D eigenvalue weighted by Gasteiger charge is 2.32. The average Bonchev–Trinajstić information content (AvgIpc) is 3.08. The van der Waals surface area contributed by atoms with E-state index in [0.29, 0.717) is 19.0 Å². The number of nitrogens with two attached hydrogens (primary N) is 1. The van der Waals surface area contributed by atoms with E-state index in [9.17, 15) is 4.79 Å². The van der Waals surface area contributed by atoms with Crippen LogP contribution in [0.5, 0.6) is 0 Å². The Kier molecular flexibility index (Phi) is 12.5. The molecule has 1 unspecified atom stereocenters. The maximum absolute atomic E-state index is 12.6. The fraction of sp³-hybridized carbons (Fsp3) is 0.632. The van der Waals surface area contributed by atoms with Gasteiger partial charge in [-0.1, -0.05) is 50.1 Å². The summed E-state index contributed by atoms with van der Waals surface area (Å²) in [5.41, 5.74) is 6.89. The summed E-state index contributed by atoms with van der Waals surface area (Å²) < 4.78 is 0. The minimum absolute atomic E-state index is 0. The number of nitrogens with one attached hydrogen (secondary N) is 1. The first-order chi connectivity index (χ1) is 11.6. The van der Waals surface area contributed by atoms with Crippen molar-refractivity contribution in [2.45, 2.75) is 39.2 Å². The van der Waals surface area contributed by atoms with Crippen molar-refractivity contribution >= 4 is 42.3 Å². The topological polar surface area (TPSA) is 58.4 Å². The van der Waals surface area contributed by atoms with Crippen LogP contribution in [0.3, 0.4) is 0 Å². The third-order valence-corrected chi connectivity index (χ3v) is 5.63. The number of hydrogen-bond acceptors (Lipinski definition) is 3. The zero-order chi connectivity index (χ0) is 17.5. The fourth-order valence-corrected chi connectivity index (χ4v) is 4.10. The number of amides is 1. The van der Waals surface area contributed by atoms with Crippen molar-refractivity contribution in [2.75, 3.05) is 26.2 Å². The number of carbonyl (C=O) groups is 1. The third kappa shape index (κ3) is 6.28. The lowest BCUT2D eigenvalue weighted by atomic mass is 9.95. The summed E-state index contributed by atoms with van der Waals surface area (Å²) in [5, 5.41) is 3.92. The van der Waals surface area contributed by atoms with Gasteiger partial charge < -0.3 is 11.1 Å². The highest BCUT2D eigenvalue weighted by Crippen LogP contribution is 2.31. The summed E-state index contributed by atoms with van der Waals surface area (Å²) in [6, 6.07) is 8.00. The van der Waals surface area contributed by atoms with Crippen LogP contribution in [0.4, 0.5) is 0 Å². The average molecular weight is 425 g/mol. The minimum Gasteiger partial charge on any atom is -0.354 e. The lowest BCUT2D eigenvalue weighted by Gasteiger charge is -2.31. The predicted molar refractivity (Wildman–Crippen MR) is 115 cm³/mol. The largest absolute Gasteiger partial charge is 0.354 e. The Hall–Kier alpha value is -0.520. The molecule has 1 aliphatic carbocycles. The lowest BCUT2D eigenvalue weighted by molar-refractivity contribution is -0.126. The number of hydrogen-bond donors (Lipinski definition) is 2. The Morgan fingerprint density at radius 3 is 2.50 bits per heavy atom. The van der Waals surface area contributed by atoms with Crippen molar-refractivity contribution < 1.29 is 4.79 Å². The van der Waals surface area contributed by atoms with E-state index in [-0.39, 0.29) is 42.7 Å². The number of likely N-dealkylation sites (N-methyl/N-ethyl adjacent to an activating group) is 1. The second-order valence-corrected chi connectivity index (χ2v) is 6.94. The van der Waals surface area contributed by atoms with Crippen molar-refractivity contribution in [2.24, 2.45) is 17.6 Å². The van der Waals surface area contributed by atoms with Crippen LogP contribution >= 0.6 is 36.4 Å². The van der Waals surface area contributed by atoms with Gasteiger partial charge in [0.15, 0.2) is 0 Å². The van der Waals surface area contributed by atoms with Crippen molar-refractivity contribution in [3.63, 3.8) is 0 Å². The van der Waals surface area contributed by atoms with Crippen LogP contribution in [-0.4, -0.2) is 37.0 Å².